The van der Waals surface area contributed by atoms with Crippen molar-refractivity contribution in [1.29, 1.82) is 0 Å². The van der Waals surface area contributed by atoms with Crippen LogP contribution in [0, 0.1) is 6.92 Å². The van der Waals surface area contributed by atoms with Gasteiger partial charge in [-0.1, -0.05) is 0 Å². The Morgan fingerprint density at radius 3 is 2.53 bits per heavy atom. The molecule has 0 saturated carbocycles. The normalized spacial score (nSPS) is 15.8. The van der Waals surface area contributed by atoms with Crippen LogP contribution in [0.25, 0.3) is 0 Å². The molecule has 1 aromatic carbocycles. The number of anilines is 1. The molecular formula is C14H20N2O. The fraction of sp³-hybridized carbons (Fsp3) is 0.500. The summed E-state index contributed by atoms with van der Waals surface area (Å²) < 4.78 is 0. The molecule has 1 fully saturated rings. The standard InChI is InChI=1S/C14H20N2O/c1-11-10-12(15-2)6-7-13(11)14(17)16-8-4-3-5-9-16/h6-7,10,15H,3-5,8-9H2,1-2H3. The van der Waals surface area contributed by atoms with Gasteiger partial charge in [-0.05, 0) is 49.9 Å². The van der Waals surface area contributed by atoms with Crippen molar-refractivity contribution in [2.24, 2.45) is 0 Å². The molecule has 1 saturated heterocycles. The second-order valence-corrected chi connectivity index (χ2v) is 4.63. The molecular weight excluding hydrogens is 212 g/mol. The van der Waals surface area contributed by atoms with Gasteiger partial charge >= 0.3 is 0 Å². The van der Waals surface area contributed by atoms with Gasteiger partial charge in [0.05, 0.1) is 0 Å². The van der Waals surface area contributed by atoms with E-state index in [0.717, 1.165) is 42.7 Å². The summed E-state index contributed by atoms with van der Waals surface area (Å²) in [5.41, 5.74) is 2.94. The zero-order chi connectivity index (χ0) is 12.3. The lowest BCUT2D eigenvalue weighted by molar-refractivity contribution is 0.0723. The topological polar surface area (TPSA) is 32.3 Å². The average Bonchev–Trinajstić information content (AvgIpc) is 2.39. The number of amides is 1. The molecule has 0 bridgehead atoms. The van der Waals surface area contributed by atoms with Crippen molar-refractivity contribution >= 4 is 11.6 Å². The van der Waals surface area contributed by atoms with Gasteiger partial charge in [-0.3, -0.25) is 4.79 Å². The maximum atomic E-state index is 12.3. The van der Waals surface area contributed by atoms with Gasteiger partial charge in [0, 0.05) is 31.4 Å². The largest absolute Gasteiger partial charge is 0.388 e. The number of nitrogens with one attached hydrogen (secondary N) is 1. The van der Waals surface area contributed by atoms with Crippen LogP contribution in [0.15, 0.2) is 18.2 Å². The number of nitrogens with zero attached hydrogens (tertiary/aromatic N) is 1. The lowest BCUT2D eigenvalue weighted by Gasteiger charge is -2.27. The Hall–Kier alpha value is -1.51. The summed E-state index contributed by atoms with van der Waals surface area (Å²) in [6.45, 7) is 3.82. The molecule has 1 heterocycles. The van der Waals surface area contributed by atoms with Crippen LogP contribution in [0.3, 0.4) is 0 Å². The number of hydrogen-bond donors (Lipinski definition) is 1. The van der Waals surface area contributed by atoms with E-state index in [2.05, 4.69) is 5.32 Å². The van der Waals surface area contributed by atoms with E-state index >= 15 is 0 Å². The minimum absolute atomic E-state index is 0.185. The first kappa shape index (κ1) is 12.0. The van der Waals surface area contributed by atoms with E-state index < -0.39 is 0 Å². The summed E-state index contributed by atoms with van der Waals surface area (Å²) in [6, 6.07) is 5.92. The number of hydrogen-bond acceptors (Lipinski definition) is 2. The summed E-state index contributed by atoms with van der Waals surface area (Å²) >= 11 is 0. The number of piperidine rings is 1. The molecule has 2 rings (SSSR count). The number of likely N-dealkylation sites (tertiary alicyclic amines) is 1. The van der Waals surface area contributed by atoms with Gasteiger partial charge in [-0.15, -0.1) is 0 Å². The second-order valence-electron chi connectivity index (χ2n) is 4.63. The number of benzene rings is 1. The fourth-order valence-corrected chi connectivity index (χ4v) is 2.33. The highest BCUT2D eigenvalue weighted by molar-refractivity contribution is 5.96. The van der Waals surface area contributed by atoms with E-state index in [1.165, 1.54) is 6.42 Å². The number of rotatable bonds is 2. The average molecular weight is 232 g/mol. The maximum Gasteiger partial charge on any atom is 0.254 e. The Balaban J connectivity index is 2.18. The predicted molar refractivity (Wildman–Crippen MR) is 70.5 cm³/mol. The summed E-state index contributed by atoms with van der Waals surface area (Å²) in [4.78, 5) is 14.3. The molecule has 3 nitrogen and oxygen atoms in total. The predicted octanol–water partition coefficient (Wildman–Crippen LogP) is 2.66. The van der Waals surface area contributed by atoms with E-state index in [9.17, 15) is 4.79 Å². The molecule has 17 heavy (non-hydrogen) atoms. The highest BCUT2D eigenvalue weighted by atomic mass is 16.2. The van der Waals surface area contributed by atoms with Crippen LogP contribution >= 0.6 is 0 Å². The third-order valence-electron chi connectivity index (χ3n) is 3.39. The quantitative estimate of drug-likeness (QED) is 0.850. The van der Waals surface area contributed by atoms with Gasteiger partial charge in [0.2, 0.25) is 0 Å². The molecule has 0 radical (unpaired) electrons. The number of aryl methyl sites for hydroxylation is 1. The van der Waals surface area contributed by atoms with Crippen molar-refractivity contribution in [3.05, 3.63) is 29.3 Å². The Kier molecular flexibility index (Phi) is 3.67. The Bertz CT molecular complexity index is 409. The Morgan fingerprint density at radius 1 is 1.24 bits per heavy atom. The second kappa shape index (κ2) is 5.21. The van der Waals surface area contributed by atoms with Crippen LogP contribution in [-0.4, -0.2) is 30.9 Å². The Labute approximate surface area is 103 Å². The summed E-state index contributed by atoms with van der Waals surface area (Å²) in [5, 5.41) is 3.09. The maximum absolute atomic E-state index is 12.3. The zero-order valence-electron chi connectivity index (χ0n) is 10.6. The lowest BCUT2D eigenvalue weighted by atomic mass is 10.0. The van der Waals surface area contributed by atoms with Gasteiger partial charge in [-0.25, -0.2) is 0 Å². The first-order valence-corrected chi connectivity index (χ1v) is 6.30. The highest BCUT2D eigenvalue weighted by Gasteiger charge is 2.19. The van der Waals surface area contributed by atoms with Crippen LogP contribution in [-0.2, 0) is 0 Å². The van der Waals surface area contributed by atoms with Gasteiger partial charge in [0.25, 0.3) is 5.91 Å². The third kappa shape index (κ3) is 2.60. The molecule has 1 amide bonds. The van der Waals surface area contributed by atoms with Crippen molar-refractivity contribution in [2.45, 2.75) is 26.2 Å². The molecule has 0 unspecified atom stereocenters. The van der Waals surface area contributed by atoms with E-state index in [0.29, 0.717) is 0 Å². The molecule has 1 aliphatic rings. The SMILES string of the molecule is CNc1ccc(C(=O)N2CCCCC2)c(C)c1. The first-order valence-electron chi connectivity index (χ1n) is 6.30. The van der Waals surface area contributed by atoms with Gasteiger partial charge in [-0.2, -0.15) is 0 Å². The van der Waals surface area contributed by atoms with Crippen LogP contribution in [0.5, 0.6) is 0 Å². The van der Waals surface area contributed by atoms with Crippen molar-refractivity contribution in [2.75, 3.05) is 25.5 Å². The van der Waals surface area contributed by atoms with Crippen LogP contribution in [0.1, 0.15) is 35.2 Å². The first-order chi connectivity index (χ1) is 8.22. The van der Waals surface area contributed by atoms with Gasteiger partial charge < -0.3 is 10.2 Å². The zero-order valence-corrected chi connectivity index (χ0v) is 10.6. The lowest BCUT2D eigenvalue weighted by Crippen LogP contribution is -2.35. The molecule has 0 aliphatic carbocycles. The summed E-state index contributed by atoms with van der Waals surface area (Å²) in [6.07, 6.45) is 3.53. The van der Waals surface area contributed by atoms with Gasteiger partial charge in [0.15, 0.2) is 0 Å². The molecule has 0 atom stereocenters. The van der Waals surface area contributed by atoms with E-state index in [1.54, 1.807) is 0 Å². The molecule has 92 valence electrons. The molecule has 1 N–H and O–H groups in total. The third-order valence-corrected chi connectivity index (χ3v) is 3.39. The smallest absolute Gasteiger partial charge is 0.254 e. The van der Waals surface area contributed by atoms with Crippen LogP contribution in [0.4, 0.5) is 5.69 Å². The highest BCUT2D eigenvalue weighted by Crippen LogP contribution is 2.18. The van der Waals surface area contributed by atoms with Crippen LogP contribution in [0.2, 0.25) is 0 Å². The Morgan fingerprint density at radius 2 is 1.94 bits per heavy atom. The van der Waals surface area contributed by atoms with E-state index in [-0.39, 0.29) is 5.91 Å². The van der Waals surface area contributed by atoms with Gasteiger partial charge in [0.1, 0.15) is 0 Å². The van der Waals surface area contributed by atoms with Crippen molar-refractivity contribution < 1.29 is 4.79 Å². The fourth-order valence-electron chi connectivity index (χ4n) is 2.33. The summed E-state index contributed by atoms with van der Waals surface area (Å²) in [5.74, 6) is 0.185. The van der Waals surface area contributed by atoms with Crippen molar-refractivity contribution in [3.63, 3.8) is 0 Å². The summed E-state index contributed by atoms with van der Waals surface area (Å²) in [7, 11) is 1.89. The van der Waals surface area contributed by atoms with Crippen LogP contribution < -0.4 is 5.32 Å². The molecule has 1 aliphatic heterocycles. The van der Waals surface area contributed by atoms with E-state index in [1.807, 2.05) is 37.1 Å². The molecule has 3 heteroatoms. The minimum Gasteiger partial charge on any atom is -0.388 e. The minimum atomic E-state index is 0.185. The van der Waals surface area contributed by atoms with E-state index in [4.69, 9.17) is 0 Å². The molecule has 0 aromatic heterocycles. The monoisotopic (exact) mass is 232 g/mol. The molecule has 1 aromatic rings. The number of carbonyl (C=O) groups is 1. The number of carbonyl (C=O) groups excluding carboxylic acids is 1. The molecule has 0 spiro atoms. The van der Waals surface area contributed by atoms with Crippen molar-refractivity contribution in [3.8, 4) is 0 Å². The van der Waals surface area contributed by atoms with Crippen molar-refractivity contribution in [1.82, 2.24) is 4.90 Å².